The van der Waals surface area contributed by atoms with Crippen LogP contribution < -0.4 is 10.5 Å². The zero-order chi connectivity index (χ0) is 15.7. The molecular formula is C15H23N3O2S. The third kappa shape index (κ3) is 3.44. The maximum Gasteiger partial charge on any atom is 0.241 e. The molecule has 0 aromatic heterocycles. The first-order valence-electron chi connectivity index (χ1n) is 7.20. The Bertz CT molecular complexity index is 632. The van der Waals surface area contributed by atoms with Gasteiger partial charge in [0.25, 0.3) is 0 Å². The first-order chi connectivity index (χ1) is 9.75. The predicted molar refractivity (Wildman–Crippen MR) is 83.8 cm³/mol. The van der Waals surface area contributed by atoms with Crippen molar-refractivity contribution in [3.05, 3.63) is 29.8 Å². The van der Waals surface area contributed by atoms with Gasteiger partial charge in [-0.25, -0.2) is 8.42 Å². The Morgan fingerprint density at radius 3 is 2.52 bits per heavy atom. The summed E-state index contributed by atoms with van der Waals surface area (Å²) in [6.07, 6.45) is 2.90. The van der Waals surface area contributed by atoms with Crippen LogP contribution in [0.3, 0.4) is 0 Å². The van der Waals surface area contributed by atoms with Gasteiger partial charge in [0.1, 0.15) is 5.84 Å². The van der Waals surface area contributed by atoms with Crippen molar-refractivity contribution in [3.63, 3.8) is 0 Å². The molecule has 1 aromatic rings. The Morgan fingerprint density at radius 1 is 1.38 bits per heavy atom. The van der Waals surface area contributed by atoms with E-state index in [2.05, 4.69) is 11.6 Å². The zero-order valence-corrected chi connectivity index (χ0v) is 13.3. The van der Waals surface area contributed by atoms with E-state index < -0.39 is 15.6 Å². The highest BCUT2D eigenvalue weighted by molar-refractivity contribution is 7.89. The normalized spacial score (nSPS) is 26.5. The minimum atomic E-state index is -3.67. The van der Waals surface area contributed by atoms with Gasteiger partial charge in [-0.05, 0) is 56.2 Å². The molecule has 6 heteroatoms. The van der Waals surface area contributed by atoms with Gasteiger partial charge >= 0.3 is 0 Å². The highest BCUT2D eigenvalue weighted by Gasteiger charge is 2.40. The molecule has 1 aliphatic rings. The van der Waals surface area contributed by atoms with Gasteiger partial charge in [-0.3, -0.25) is 5.41 Å². The summed E-state index contributed by atoms with van der Waals surface area (Å²) in [5, 5.41) is 7.84. The number of nitrogens with one attached hydrogen (secondary N) is 2. The van der Waals surface area contributed by atoms with Crippen LogP contribution in [-0.4, -0.2) is 19.8 Å². The number of benzene rings is 1. The fourth-order valence-corrected chi connectivity index (χ4v) is 4.33. The maximum atomic E-state index is 12.6. The van der Waals surface area contributed by atoms with Gasteiger partial charge in [0.15, 0.2) is 0 Å². The molecule has 0 aliphatic heterocycles. The Labute approximate surface area is 126 Å². The fourth-order valence-electron chi connectivity index (χ4n) is 2.78. The highest BCUT2D eigenvalue weighted by atomic mass is 32.2. The van der Waals surface area contributed by atoms with E-state index in [4.69, 9.17) is 11.1 Å². The average molecular weight is 309 g/mol. The fraction of sp³-hybridized carbons (Fsp3) is 0.533. The van der Waals surface area contributed by atoms with Crippen molar-refractivity contribution in [3.8, 4) is 0 Å². The van der Waals surface area contributed by atoms with Crippen molar-refractivity contribution in [2.45, 2.75) is 50.0 Å². The molecule has 0 saturated heterocycles. The number of rotatable bonds is 4. The van der Waals surface area contributed by atoms with Gasteiger partial charge in [-0.2, -0.15) is 4.72 Å². The molecule has 0 spiro atoms. The van der Waals surface area contributed by atoms with Crippen LogP contribution in [0.4, 0.5) is 0 Å². The summed E-state index contributed by atoms with van der Waals surface area (Å²) in [7, 11) is -3.67. The molecule has 0 unspecified atom stereocenters. The summed E-state index contributed by atoms with van der Waals surface area (Å²) < 4.78 is 27.9. The minimum Gasteiger partial charge on any atom is -0.386 e. The molecule has 0 amide bonds. The smallest absolute Gasteiger partial charge is 0.241 e. The van der Waals surface area contributed by atoms with Crippen molar-refractivity contribution in [2.24, 2.45) is 11.7 Å². The van der Waals surface area contributed by atoms with Crippen molar-refractivity contribution in [2.75, 3.05) is 0 Å². The van der Waals surface area contributed by atoms with Crippen LogP contribution in [0, 0.1) is 18.3 Å². The molecule has 2 rings (SSSR count). The van der Waals surface area contributed by atoms with Crippen molar-refractivity contribution >= 4 is 15.9 Å². The van der Waals surface area contributed by atoms with E-state index in [0.29, 0.717) is 18.8 Å². The second kappa shape index (κ2) is 5.77. The van der Waals surface area contributed by atoms with Crippen LogP contribution in [0.2, 0.25) is 0 Å². The molecule has 21 heavy (non-hydrogen) atoms. The number of nitrogens with two attached hydrogens (primary N) is 1. The standard InChI is InChI=1S/C15H23N3O2S/c1-11-6-8-15(9-7-11,14(16)17)18-21(19,20)13-5-3-4-12(2)10-13/h3-5,10-11,18H,6-9H2,1-2H3,(H3,16,17). The lowest BCUT2D eigenvalue weighted by Gasteiger charge is -2.38. The SMILES string of the molecule is Cc1cccc(S(=O)(=O)NC2(C(=N)N)CCC(C)CC2)c1. The van der Waals surface area contributed by atoms with Crippen molar-refractivity contribution in [1.82, 2.24) is 4.72 Å². The van der Waals surface area contributed by atoms with Crippen LogP contribution in [0.25, 0.3) is 0 Å². The molecule has 1 saturated carbocycles. The monoisotopic (exact) mass is 309 g/mol. The van der Waals surface area contributed by atoms with E-state index in [-0.39, 0.29) is 10.7 Å². The van der Waals surface area contributed by atoms with Gasteiger partial charge in [-0.15, -0.1) is 0 Å². The Hall–Kier alpha value is -1.40. The van der Waals surface area contributed by atoms with Crippen LogP contribution in [0.5, 0.6) is 0 Å². The van der Waals surface area contributed by atoms with Crippen LogP contribution in [0.1, 0.15) is 38.2 Å². The molecular weight excluding hydrogens is 286 g/mol. The third-order valence-electron chi connectivity index (χ3n) is 4.27. The lowest BCUT2D eigenvalue weighted by molar-refractivity contribution is 0.285. The van der Waals surface area contributed by atoms with Gasteiger partial charge < -0.3 is 5.73 Å². The third-order valence-corrected chi connectivity index (χ3v) is 5.81. The second-order valence-corrected chi connectivity index (χ2v) is 7.78. The van der Waals surface area contributed by atoms with E-state index in [1.807, 2.05) is 13.0 Å². The van der Waals surface area contributed by atoms with E-state index >= 15 is 0 Å². The molecule has 0 atom stereocenters. The van der Waals surface area contributed by atoms with E-state index in [9.17, 15) is 8.42 Å². The number of hydrogen-bond acceptors (Lipinski definition) is 3. The van der Waals surface area contributed by atoms with Crippen molar-refractivity contribution < 1.29 is 8.42 Å². The molecule has 4 N–H and O–H groups in total. The molecule has 0 bridgehead atoms. The van der Waals surface area contributed by atoms with Gasteiger partial charge in [-0.1, -0.05) is 19.1 Å². The molecule has 1 aromatic carbocycles. The summed E-state index contributed by atoms with van der Waals surface area (Å²) in [6.45, 7) is 3.99. The second-order valence-electron chi connectivity index (χ2n) is 6.10. The van der Waals surface area contributed by atoms with Crippen LogP contribution in [0.15, 0.2) is 29.2 Å². The summed E-state index contributed by atoms with van der Waals surface area (Å²) in [5.74, 6) is 0.451. The van der Waals surface area contributed by atoms with Gasteiger partial charge in [0.2, 0.25) is 10.0 Å². The van der Waals surface area contributed by atoms with Gasteiger partial charge in [0, 0.05) is 0 Å². The predicted octanol–water partition coefficient (Wildman–Crippen LogP) is 2.16. The Kier molecular flexibility index (Phi) is 4.39. The largest absolute Gasteiger partial charge is 0.386 e. The number of sulfonamides is 1. The highest BCUT2D eigenvalue weighted by Crippen LogP contribution is 2.33. The number of amidine groups is 1. The van der Waals surface area contributed by atoms with Gasteiger partial charge in [0.05, 0.1) is 10.4 Å². The van der Waals surface area contributed by atoms with Crippen LogP contribution >= 0.6 is 0 Å². The topological polar surface area (TPSA) is 96.0 Å². The molecule has 0 radical (unpaired) electrons. The lowest BCUT2D eigenvalue weighted by Crippen LogP contribution is -2.58. The average Bonchev–Trinajstić information content (AvgIpc) is 2.41. The Morgan fingerprint density at radius 2 is 2.00 bits per heavy atom. The lowest BCUT2D eigenvalue weighted by atomic mass is 9.77. The van der Waals surface area contributed by atoms with E-state index in [1.165, 1.54) is 0 Å². The number of hydrogen-bond donors (Lipinski definition) is 3. The summed E-state index contributed by atoms with van der Waals surface area (Å²) in [5.41, 5.74) is 5.67. The summed E-state index contributed by atoms with van der Waals surface area (Å²) >= 11 is 0. The minimum absolute atomic E-state index is 0.0920. The van der Waals surface area contributed by atoms with Crippen molar-refractivity contribution in [1.29, 1.82) is 5.41 Å². The molecule has 116 valence electrons. The molecule has 0 heterocycles. The first kappa shape index (κ1) is 16.0. The quantitative estimate of drug-likeness (QED) is 0.587. The zero-order valence-electron chi connectivity index (χ0n) is 12.5. The molecule has 5 nitrogen and oxygen atoms in total. The summed E-state index contributed by atoms with van der Waals surface area (Å²) in [4.78, 5) is 0.224. The maximum absolute atomic E-state index is 12.6. The van der Waals surface area contributed by atoms with Crippen LogP contribution in [-0.2, 0) is 10.0 Å². The van der Waals surface area contributed by atoms with E-state index in [0.717, 1.165) is 18.4 Å². The molecule has 1 aliphatic carbocycles. The Balaban J connectivity index is 2.30. The molecule has 1 fully saturated rings. The number of aryl methyl sites for hydroxylation is 1. The first-order valence-corrected chi connectivity index (χ1v) is 8.69. The summed E-state index contributed by atoms with van der Waals surface area (Å²) in [6, 6.07) is 6.76. The van der Waals surface area contributed by atoms with E-state index in [1.54, 1.807) is 18.2 Å².